The Bertz CT molecular complexity index is 1160. The van der Waals surface area contributed by atoms with Crippen LogP contribution in [0.3, 0.4) is 0 Å². The van der Waals surface area contributed by atoms with Crippen molar-refractivity contribution in [3.8, 4) is 0 Å². The lowest BCUT2D eigenvalue weighted by molar-refractivity contribution is -0.156. The Morgan fingerprint density at radius 2 is 1.19 bits per heavy atom. The fourth-order valence-corrected chi connectivity index (χ4v) is 6.88. The summed E-state index contributed by atoms with van der Waals surface area (Å²) in [5.74, 6) is -3.41. The average molecular weight is 396 g/mol. The van der Waals surface area contributed by atoms with E-state index in [2.05, 4.69) is 0 Å². The zero-order valence-corrected chi connectivity index (χ0v) is 14.8. The molecule has 0 unspecified atom stereocenters. The Morgan fingerprint density at radius 1 is 0.769 bits per heavy atom. The quantitative estimate of drug-likeness (QED) is 0.626. The van der Waals surface area contributed by atoms with Crippen molar-refractivity contribution in [2.45, 2.75) is 31.9 Å². The standard InChI is InChI=1S/C16H12O8S2/c1-16(14(17)18,15(19)20)9-6-7-12-13(8-9)26(23,24)11-5-3-2-4-10(11)25(12,21)22/h2-8H,1H3,(H,17,18)(H,19,20). The van der Waals surface area contributed by atoms with Crippen LogP contribution in [0.2, 0.25) is 0 Å². The second-order valence-electron chi connectivity index (χ2n) is 5.85. The molecule has 2 N–H and O–H groups in total. The van der Waals surface area contributed by atoms with Crippen LogP contribution >= 0.6 is 0 Å². The van der Waals surface area contributed by atoms with Crippen molar-refractivity contribution in [3.05, 3.63) is 48.0 Å². The number of benzene rings is 2. The van der Waals surface area contributed by atoms with Crippen LogP contribution in [-0.4, -0.2) is 39.0 Å². The summed E-state index contributed by atoms with van der Waals surface area (Å²) in [6.07, 6.45) is 0. The van der Waals surface area contributed by atoms with E-state index in [4.69, 9.17) is 0 Å². The van der Waals surface area contributed by atoms with Crippen LogP contribution in [-0.2, 0) is 34.7 Å². The third kappa shape index (κ3) is 2.19. The van der Waals surface area contributed by atoms with E-state index >= 15 is 0 Å². The normalized spacial score (nSPS) is 17.0. The van der Waals surface area contributed by atoms with E-state index < -0.39 is 51.7 Å². The van der Waals surface area contributed by atoms with Gasteiger partial charge >= 0.3 is 11.9 Å². The van der Waals surface area contributed by atoms with E-state index in [0.29, 0.717) is 0 Å². The van der Waals surface area contributed by atoms with Gasteiger partial charge in [-0.3, -0.25) is 9.59 Å². The van der Waals surface area contributed by atoms with Crippen molar-refractivity contribution in [1.29, 1.82) is 0 Å². The molecule has 136 valence electrons. The highest BCUT2D eigenvalue weighted by Gasteiger charge is 2.46. The molecule has 1 aliphatic heterocycles. The molecule has 2 aromatic carbocycles. The van der Waals surface area contributed by atoms with E-state index in [9.17, 15) is 36.6 Å². The van der Waals surface area contributed by atoms with E-state index in [0.717, 1.165) is 37.3 Å². The number of hydrogen-bond donors (Lipinski definition) is 2. The Balaban J connectivity index is 2.40. The molecule has 2 aromatic rings. The van der Waals surface area contributed by atoms with Crippen molar-refractivity contribution in [2.24, 2.45) is 0 Å². The lowest BCUT2D eigenvalue weighted by atomic mass is 9.83. The van der Waals surface area contributed by atoms with Crippen LogP contribution in [0.1, 0.15) is 12.5 Å². The van der Waals surface area contributed by atoms with E-state index in [1.165, 1.54) is 12.1 Å². The fraction of sp³-hybridized carbons (Fsp3) is 0.125. The Hall–Kier alpha value is -2.72. The van der Waals surface area contributed by atoms with Gasteiger partial charge in [-0.15, -0.1) is 0 Å². The molecule has 0 saturated heterocycles. The van der Waals surface area contributed by atoms with Gasteiger partial charge in [0.05, 0.1) is 19.6 Å². The molecule has 0 aromatic heterocycles. The molecule has 0 aliphatic carbocycles. The zero-order valence-electron chi connectivity index (χ0n) is 13.2. The third-order valence-corrected chi connectivity index (χ3v) is 8.36. The minimum absolute atomic E-state index is 0.352. The smallest absolute Gasteiger partial charge is 0.325 e. The number of fused-ring (bicyclic) bond motifs is 2. The molecule has 0 saturated carbocycles. The molecule has 1 heterocycles. The molecule has 10 heteroatoms. The maximum atomic E-state index is 12.8. The summed E-state index contributed by atoms with van der Waals surface area (Å²) in [5, 5.41) is 18.6. The summed E-state index contributed by atoms with van der Waals surface area (Å²) < 4.78 is 51.1. The Morgan fingerprint density at radius 3 is 1.65 bits per heavy atom. The largest absolute Gasteiger partial charge is 0.480 e. The van der Waals surface area contributed by atoms with Gasteiger partial charge in [-0.05, 0) is 36.8 Å². The first-order valence-corrected chi connectivity index (χ1v) is 10.1. The Kier molecular flexibility index (Phi) is 3.75. The predicted octanol–water partition coefficient (Wildman–Crippen LogP) is 1.09. The number of sulfone groups is 2. The van der Waals surface area contributed by atoms with Crippen LogP contribution in [0.15, 0.2) is 62.0 Å². The van der Waals surface area contributed by atoms with Gasteiger partial charge in [-0.2, -0.15) is 0 Å². The lowest BCUT2D eigenvalue weighted by Crippen LogP contribution is -2.41. The fourth-order valence-electron chi connectivity index (χ4n) is 2.72. The first kappa shape index (κ1) is 18.1. The first-order valence-electron chi connectivity index (χ1n) is 7.15. The average Bonchev–Trinajstić information content (AvgIpc) is 2.59. The van der Waals surface area contributed by atoms with Gasteiger partial charge in [0, 0.05) is 0 Å². The maximum Gasteiger partial charge on any atom is 0.325 e. The number of rotatable bonds is 3. The molecule has 0 radical (unpaired) electrons. The molecular formula is C16H12O8S2. The molecule has 0 spiro atoms. The molecule has 8 nitrogen and oxygen atoms in total. The first-order chi connectivity index (χ1) is 11.9. The summed E-state index contributed by atoms with van der Waals surface area (Å²) in [5.41, 5.74) is -2.79. The van der Waals surface area contributed by atoms with Crippen LogP contribution in [0, 0.1) is 0 Å². The molecule has 0 bridgehead atoms. The van der Waals surface area contributed by atoms with E-state index in [1.54, 1.807) is 0 Å². The maximum absolute atomic E-state index is 12.8. The second kappa shape index (κ2) is 5.39. The molecule has 1 aliphatic rings. The summed E-state index contributed by atoms with van der Waals surface area (Å²) in [7, 11) is -8.42. The van der Waals surface area contributed by atoms with Gasteiger partial charge in [-0.1, -0.05) is 18.2 Å². The third-order valence-electron chi connectivity index (χ3n) is 4.38. The monoisotopic (exact) mass is 396 g/mol. The highest BCUT2D eigenvalue weighted by molar-refractivity contribution is 7.97. The molecular weight excluding hydrogens is 384 g/mol. The van der Waals surface area contributed by atoms with Crippen molar-refractivity contribution in [1.82, 2.24) is 0 Å². The van der Waals surface area contributed by atoms with E-state index in [-0.39, 0.29) is 10.5 Å². The summed E-state index contributed by atoms with van der Waals surface area (Å²) in [6.45, 7) is 0.900. The van der Waals surface area contributed by atoms with Gasteiger partial charge in [0.15, 0.2) is 5.41 Å². The minimum Gasteiger partial charge on any atom is -0.480 e. The Labute approximate surface area is 148 Å². The van der Waals surface area contributed by atoms with Gasteiger partial charge in [0.2, 0.25) is 19.7 Å². The van der Waals surface area contributed by atoms with E-state index in [1.807, 2.05) is 0 Å². The SMILES string of the molecule is CC(C(=O)O)(C(=O)O)c1ccc2c(c1)S(=O)(=O)c1ccccc1S2(=O)=O. The summed E-state index contributed by atoms with van der Waals surface area (Å²) >= 11 is 0. The van der Waals surface area contributed by atoms with Crippen molar-refractivity contribution in [2.75, 3.05) is 0 Å². The van der Waals surface area contributed by atoms with Crippen LogP contribution in [0.25, 0.3) is 0 Å². The van der Waals surface area contributed by atoms with Crippen molar-refractivity contribution < 1.29 is 36.6 Å². The number of carboxylic acids is 2. The van der Waals surface area contributed by atoms with Gasteiger partial charge in [-0.25, -0.2) is 16.8 Å². The molecule has 3 rings (SSSR count). The summed E-state index contributed by atoms with van der Waals surface area (Å²) in [6, 6.07) is 7.78. The molecule has 0 atom stereocenters. The van der Waals surface area contributed by atoms with Crippen LogP contribution in [0.4, 0.5) is 0 Å². The van der Waals surface area contributed by atoms with Gasteiger partial charge in [0.25, 0.3) is 0 Å². The number of hydrogen-bond acceptors (Lipinski definition) is 6. The lowest BCUT2D eigenvalue weighted by Gasteiger charge is -2.24. The number of aliphatic carboxylic acids is 2. The minimum atomic E-state index is -4.27. The zero-order chi connectivity index (χ0) is 19.5. The second-order valence-corrected chi connectivity index (χ2v) is 9.62. The van der Waals surface area contributed by atoms with Crippen LogP contribution < -0.4 is 0 Å². The summed E-state index contributed by atoms with van der Waals surface area (Å²) in [4.78, 5) is 21.0. The topological polar surface area (TPSA) is 143 Å². The number of carbonyl (C=O) groups is 2. The highest BCUT2D eigenvalue weighted by Crippen LogP contribution is 2.41. The molecule has 26 heavy (non-hydrogen) atoms. The van der Waals surface area contributed by atoms with Crippen LogP contribution in [0.5, 0.6) is 0 Å². The number of carboxylic acid groups (broad SMARTS) is 2. The highest BCUT2D eigenvalue weighted by atomic mass is 32.2. The molecule has 0 amide bonds. The van der Waals surface area contributed by atoms with Gasteiger partial charge < -0.3 is 10.2 Å². The predicted molar refractivity (Wildman–Crippen MR) is 86.4 cm³/mol. The van der Waals surface area contributed by atoms with Gasteiger partial charge in [0.1, 0.15) is 0 Å². The van der Waals surface area contributed by atoms with Crippen molar-refractivity contribution >= 4 is 31.6 Å². The van der Waals surface area contributed by atoms with Crippen molar-refractivity contribution in [3.63, 3.8) is 0 Å². The molecule has 0 fully saturated rings.